The maximum atomic E-state index is 13.6. The third kappa shape index (κ3) is 9.30. The number of hydrogen-bond acceptors (Lipinski definition) is 6. The molecule has 2 aromatic rings. The summed E-state index contributed by atoms with van der Waals surface area (Å²) < 4.78 is 11.4. The fourth-order valence-corrected chi connectivity index (χ4v) is 6.48. The second-order valence-electron chi connectivity index (χ2n) is 14.3. The average molecular weight is 613 g/mol. The Balaban J connectivity index is 1.86. The van der Waals surface area contributed by atoms with E-state index in [1.807, 2.05) is 25.8 Å². The average Bonchev–Trinajstić information content (AvgIpc) is 3.76. The molecule has 0 aliphatic heterocycles. The Labute approximate surface area is 266 Å². The number of carbonyl (C=O) groups excluding carboxylic acids is 2. The first-order valence-corrected chi connectivity index (χ1v) is 16.8. The smallest absolute Gasteiger partial charge is 0.323 e. The maximum absolute atomic E-state index is 13.6. The van der Waals surface area contributed by atoms with Gasteiger partial charge < -0.3 is 30.8 Å². The van der Waals surface area contributed by atoms with Gasteiger partial charge in [0.25, 0.3) is 0 Å². The molecule has 1 unspecified atom stereocenters. The number of aromatic nitrogens is 1. The van der Waals surface area contributed by atoms with Gasteiger partial charge in [-0.2, -0.15) is 0 Å². The number of H-pyrrole nitrogens is 1. The number of nitrogens with zero attached hydrogens (tertiary/aromatic N) is 1. The first-order chi connectivity index (χ1) is 20.8. The molecule has 1 aromatic carbocycles. The quantitative estimate of drug-likeness (QED) is 0.140. The largest absolute Gasteiger partial charge is 0.460 e. The van der Waals surface area contributed by atoms with E-state index in [1.165, 1.54) is 16.5 Å². The van der Waals surface area contributed by atoms with Crippen LogP contribution in [0.3, 0.4) is 0 Å². The number of benzene rings is 1. The molecule has 1 aliphatic rings. The first kappa shape index (κ1) is 36.1. The third-order valence-electron chi connectivity index (χ3n) is 9.94. The molecule has 1 fully saturated rings. The minimum absolute atomic E-state index is 0.0610. The molecule has 0 bridgehead atoms. The topological polar surface area (TPSA) is 124 Å². The molecule has 8 heteroatoms. The Hall–Kier alpha value is -2.42. The van der Waals surface area contributed by atoms with Gasteiger partial charge in [-0.15, -0.1) is 0 Å². The van der Waals surface area contributed by atoms with E-state index in [4.69, 9.17) is 20.9 Å². The molecule has 6 atom stereocenters. The molecule has 1 aliphatic carbocycles. The number of ether oxygens (including phenoxy) is 2. The van der Waals surface area contributed by atoms with Crippen LogP contribution in [0.1, 0.15) is 97.6 Å². The summed E-state index contributed by atoms with van der Waals surface area (Å²) in [5.41, 5.74) is 16.9. The fraction of sp³-hybridized carbons (Fsp3) is 0.722. The van der Waals surface area contributed by atoms with Crippen molar-refractivity contribution in [3.8, 4) is 0 Å². The van der Waals surface area contributed by atoms with Crippen LogP contribution >= 0.6 is 0 Å². The predicted octanol–water partition coefficient (Wildman–Crippen LogP) is 6.02. The molecular formula is C36H60N4O4. The van der Waals surface area contributed by atoms with Crippen molar-refractivity contribution >= 4 is 22.8 Å². The number of nitrogens with two attached hydrogens (primary N) is 2. The van der Waals surface area contributed by atoms with E-state index in [0.717, 1.165) is 37.8 Å². The minimum atomic E-state index is -0.738. The highest BCUT2D eigenvalue weighted by atomic mass is 16.5. The molecule has 44 heavy (non-hydrogen) atoms. The number of carbonyl (C=O) groups is 2. The number of esters is 1. The van der Waals surface area contributed by atoms with Crippen LogP contribution in [0.2, 0.25) is 0 Å². The summed E-state index contributed by atoms with van der Waals surface area (Å²) >= 11 is 0. The van der Waals surface area contributed by atoms with Crippen LogP contribution in [-0.4, -0.2) is 66.8 Å². The number of hydrogen-bond donors (Lipinski definition) is 3. The van der Waals surface area contributed by atoms with Crippen molar-refractivity contribution in [1.29, 1.82) is 0 Å². The van der Waals surface area contributed by atoms with Crippen LogP contribution in [0, 0.1) is 29.6 Å². The zero-order valence-electron chi connectivity index (χ0n) is 28.8. The molecular weight excluding hydrogens is 552 g/mol. The van der Waals surface area contributed by atoms with Gasteiger partial charge >= 0.3 is 5.97 Å². The van der Waals surface area contributed by atoms with Crippen LogP contribution in [0.15, 0.2) is 24.4 Å². The summed E-state index contributed by atoms with van der Waals surface area (Å²) in [4.78, 5) is 32.0. The molecule has 1 amide bonds. The molecule has 0 saturated heterocycles. The molecule has 1 aromatic heterocycles. The van der Waals surface area contributed by atoms with Crippen molar-refractivity contribution in [2.75, 3.05) is 20.8 Å². The zero-order chi connectivity index (χ0) is 32.7. The molecule has 1 saturated carbocycles. The van der Waals surface area contributed by atoms with Crippen LogP contribution in [0.25, 0.3) is 10.9 Å². The Kier molecular flexibility index (Phi) is 13.3. The summed E-state index contributed by atoms with van der Waals surface area (Å²) in [6, 6.07) is 5.85. The van der Waals surface area contributed by atoms with Gasteiger partial charge in [-0.1, -0.05) is 54.5 Å². The molecule has 3 rings (SSSR count). The van der Waals surface area contributed by atoms with Crippen molar-refractivity contribution in [2.24, 2.45) is 41.1 Å². The highest BCUT2D eigenvalue weighted by Crippen LogP contribution is 2.37. The number of fused-ring (bicyclic) bond motifs is 1. The van der Waals surface area contributed by atoms with Crippen LogP contribution in [0.4, 0.5) is 0 Å². The summed E-state index contributed by atoms with van der Waals surface area (Å²) in [6.07, 6.45) is 6.59. The standard InChI is InChI=1S/C36H60N4O4/c1-21(2)28(24(7)25-12-15-32-30(17-25)26(20-39-32)11-10-16-43-9)18-31(37)33(44-36(42)34(38)23(5)6)19-29(22(3)4)35(41)40(8)27-13-14-27/h12,15,17,20-24,27-29,31,33-34,39H,10-11,13-14,16,18-19,37-38H2,1-9H3/t24?,28-,29-,31-,33-,34-/m0/s1. The molecule has 0 spiro atoms. The van der Waals surface area contributed by atoms with Crippen LogP contribution < -0.4 is 11.5 Å². The van der Waals surface area contributed by atoms with E-state index < -0.39 is 24.2 Å². The number of amides is 1. The summed E-state index contributed by atoms with van der Waals surface area (Å²) in [5, 5.41) is 1.25. The Morgan fingerprint density at radius 2 is 1.68 bits per heavy atom. The fourth-order valence-electron chi connectivity index (χ4n) is 6.48. The van der Waals surface area contributed by atoms with Gasteiger partial charge in [0.2, 0.25) is 5.91 Å². The highest BCUT2D eigenvalue weighted by Gasteiger charge is 2.39. The minimum Gasteiger partial charge on any atom is -0.460 e. The number of rotatable bonds is 18. The Morgan fingerprint density at radius 1 is 1.00 bits per heavy atom. The number of nitrogens with one attached hydrogen (secondary N) is 1. The molecule has 0 radical (unpaired) electrons. The molecule has 1 heterocycles. The van der Waals surface area contributed by atoms with Crippen LogP contribution in [-0.2, 0) is 25.5 Å². The Morgan fingerprint density at radius 3 is 2.25 bits per heavy atom. The molecule has 248 valence electrons. The highest BCUT2D eigenvalue weighted by molar-refractivity contribution is 5.84. The predicted molar refractivity (Wildman–Crippen MR) is 179 cm³/mol. The second kappa shape index (κ2) is 16.2. The maximum Gasteiger partial charge on any atom is 0.323 e. The SMILES string of the molecule is COCCCc1c[nH]c2ccc(C(C)[C@@H](C[C@H](N)[C@H](C[C@H](C(=O)N(C)C3CC3)C(C)C)OC(=O)[C@@H](N)C(C)C)C(C)C)cc12. The molecule has 8 nitrogen and oxygen atoms in total. The van der Waals surface area contributed by atoms with Gasteiger partial charge in [-0.05, 0) is 91.4 Å². The summed E-state index contributed by atoms with van der Waals surface area (Å²) in [7, 11) is 3.63. The van der Waals surface area contributed by atoms with Crippen molar-refractivity contribution in [1.82, 2.24) is 9.88 Å². The van der Waals surface area contributed by atoms with Gasteiger partial charge in [0, 0.05) is 55.9 Å². The number of aromatic amines is 1. The third-order valence-corrected chi connectivity index (χ3v) is 9.94. The van der Waals surface area contributed by atoms with Gasteiger partial charge in [0.05, 0.1) is 0 Å². The van der Waals surface area contributed by atoms with Gasteiger partial charge in [-0.25, -0.2) is 0 Å². The van der Waals surface area contributed by atoms with Crippen molar-refractivity contribution < 1.29 is 19.1 Å². The van der Waals surface area contributed by atoms with Gasteiger partial charge in [-0.3, -0.25) is 9.59 Å². The Bertz CT molecular complexity index is 1200. The van der Waals surface area contributed by atoms with Gasteiger partial charge in [0.15, 0.2) is 0 Å². The van der Waals surface area contributed by atoms with Crippen LogP contribution in [0.5, 0.6) is 0 Å². The van der Waals surface area contributed by atoms with E-state index in [1.54, 1.807) is 7.11 Å². The van der Waals surface area contributed by atoms with E-state index in [9.17, 15) is 9.59 Å². The monoisotopic (exact) mass is 612 g/mol. The van der Waals surface area contributed by atoms with E-state index >= 15 is 0 Å². The zero-order valence-corrected chi connectivity index (χ0v) is 28.8. The summed E-state index contributed by atoms with van der Waals surface area (Å²) in [6.45, 7) is 15.4. The van der Waals surface area contributed by atoms with E-state index in [0.29, 0.717) is 24.8 Å². The van der Waals surface area contributed by atoms with Crippen molar-refractivity contribution in [3.05, 3.63) is 35.5 Å². The first-order valence-electron chi connectivity index (χ1n) is 16.8. The molecule has 5 N–H and O–H groups in total. The second-order valence-corrected chi connectivity index (χ2v) is 14.3. The lowest BCUT2D eigenvalue weighted by atomic mass is 9.75. The number of aryl methyl sites for hydroxylation is 1. The summed E-state index contributed by atoms with van der Waals surface area (Å²) in [5.74, 6) is 0.207. The lowest BCUT2D eigenvalue weighted by molar-refractivity contribution is -0.156. The lowest BCUT2D eigenvalue weighted by Gasteiger charge is -2.36. The van der Waals surface area contributed by atoms with Crippen molar-refractivity contribution in [2.45, 2.75) is 117 Å². The normalized spacial score (nSPS) is 18.0. The number of methoxy groups -OCH3 is 1. The van der Waals surface area contributed by atoms with E-state index in [-0.39, 0.29) is 35.5 Å². The van der Waals surface area contributed by atoms with Crippen molar-refractivity contribution in [3.63, 3.8) is 0 Å². The van der Waals surface area contributed by atoms with Gasteiger partial charge in [0.1, 0.15) is 12.1 Å². The lowest BCUT2D eigenvalue weighted by Crippen LogP contribution is -2.48. The van der Waals surface area contributed by atoms with E-state index in [2.05, 4.69) is 64.0 Å².